The number of aromatic nitrogens is 4. The van der Waals surface area contributed by atoms with E-state index in [0.29, 0.717) is 6.04 Å². The predicted octanol–water partition coefficient (Wildman–Crippen LogP) is 1.38. The van der Waals surface area contributed by atoms with Gasteiger partial charge in [-0.2, -0.15) is 4.52 Å². The summed E-state index contributed by atoms with van der Waals surface area (Å²) in [6.45, 7) is 6.52. The summed E-state index contributed by atoms with van der Waals surface area (Å²) in [6, 6.07) is 4.54. The summed E-state index contributed by atoms with van der Waals surface area (Å²) in [5.74, 6) is 1.91. The molecule has 0 N–H and O–H groups in total. The van der Waals surface area contributed by atoms with Crippen LogP contribution in [-0.2, 0) is 11.2 Å². The summed E-state index contributed by atoms with van der Waals surface area (Å²) in [5, 5.41) is 13.2. The first-order valence-electron chi connectivity index (χ1n) is 9.01. The Balaban J connectivity index is 1.61. The van der Waals surface area contributed by atoms with Crippen molar-refractivity contribution in [2.24, 2.45) is 0 Å². The van der Waals surface area contributed by atoms with Crippen LogP contribution in [0.5, 0.6) is 0 Å². The molecule has 2 saturated heterocycles. The Labute approximate surface area is 142 Å². The first-order chi connectivity index (χ1) is 11.8. The van der Waals surface area contributed by atoms with E-state index in [-0.39, 0.29) is 6.10 Å². The Bertz CT molecular complexity index is 695. The Morgan fingerprint density at radius 1 is 1.21 bits per heavy atom. The minimum absolute atomic E-state index is 0.279. The highest BCUT2D eigenvalue weighted by Crippen LogP contribution is 2.27. The lowest BCUT2D eigenvalue weighted by Gasteiger charge is -2.28. The van der Waals surface area contributed by atoms with E-state index >= 15 is 0 Å². The van der Waals surface area contributed by atoms with E-state index in [1.807, 2.05) is 17.7 Å². The summed E-state index contributed by atoms with van der Waals surface area (Å²) in [4.78, 5) is 4.98. The van der Waals surface area contributed by atoms with Crippen molar-refractivity contribution < 1.29 is 4.74 Å². The number of anilines is 1. The van der Waals surface area contributed by atoms with Crippen LogP contribution in [0.4, 0.5) is 5.82 Å². The minimum atomic E-state index is 0.279. The molecule has 0 unspecified atom stereocenters. The maximum atomic E-state index is 5.66. The zero-order valence-electron chi connectivity index (χ0n) is 14.6. The fourth-order valence-corrected chi connectivity index (χ4v) is 3.96. The number of hydrogen-bond donors (Lipinski definition) is 0. The molecule has 2 aromatic rings. The third-order valence-electron chi connectivity index (χ3n) is 5.30. The number of methoxy groups -OCH3 is 1. The first kappa shape index (κ1) is 15.8. The van der Waals surface area contributed by atoms with Crippen molar-refractivity contribution in [1.29, 1.82) is 0 Å². The van der Waals surface area contributed by atoms with Gasteiger partial charge in [-0.25, -0.2) is 0 Å². The third kappa shape index (κ3) is 2.86. The van der Waals surface area contributed by atoms with Gasteiger partial charge in [0.1, 0.15) is 5.82 Å². The fourth-order valence-electron chi connectivity index (χ4n) is 3.96. The number of aryl methyl sites for hydroxylation is 1. The van der Waals surface area contributed by atoms with Crippen LogP contribution in [0.25, 0.3) is 5.65 Å². The normalized spacial score (nSPS) is 25.2. The molecule has 0 aliphatic carbocycles. The SMILES string of the molecule is CCc1nnc2ccc(N3C[C@@H](OC)C[C@H]3CN3CCCC3)nn12. The van der Waals surface area contributed by atoms with Gasteiger partial charge in [-0.05, 0) is 44.5 Å². The van der Waals surface area contributed by atoms with Gasteiger partial charge in [-0.15, -0.1) is 15.3 Å². The summed E-state index contributed by atoms with van der Waals surface area (Å²) in [6.07, 6.45) is 4.82. The average molecular weight is 330 g/mol. The summed E-state index contributed by atoms with van der Waals surface area (Å²) in [5.41, 5.74) is 0.814. The van der Waals surface area contributed by atoms with Crippen LogP contribution in [-0.4, -0.2) is 70.1 Å². The van der Waals surface area contributed by atoms with Gasteiger partial charge < -0.3 is 14.5 Å². The molecule has 2 aromatic heterocycles. The molecule has 0 saturated carbocycles. The van der Waals surface area contributed by atoms with Crippen molar-refractivity contribution in [2.45, 2.75) is 44.8 Å². The molecule has 130 valence electrons. The fraction of sp³-hybridized carbons (Fsp3) is 0.706. The summed E-state index contributed by atoms with van der Waals surface area (Å²) in [7, 11) is 1.81. The molecule has 2 atom stereocenters. The summed E-state index contributed by atoms with van der Waals surface area (Å²) >= 11 is 0. The number of nitrogens with zero attached hydrogens (tertiary/aromatic N) is 6. The molecule has 4 rings (SSSR count). The van der Waals surface area contributed by atoms with Crippen LogP contribution >= 0.6 is 0 Å². The molecule has 0 spiro atoms. The van der Waals surface area contributed by atoms with E-state index in [2.05, 4.69) is 33.0 Å². The number of hydrogen-bond acceptors (Lipinski definition) is 6. The standard InChI is InChI=1S/C17H26N6O/c1-3-15-18-19-16-6-7-17(20-23(15)16)22-12-14(24-2)10-13(22)11-21-8-4-5-9-21/h6-7,13-14H,3-5,8-12H2,1-2H3/t13-,14-/m0/s1. The van der Waals surface area contributed by atoms with Crippen LogP contribution < -0.4 is 4.90 Å². The van der Waals surface area contributed by atoms with Crippen LogP contribution in [0.3, 0.4) is 0 Å². The Morgan fingerprint density at radius 3 is 2.79 bits per heavy atom. The summed E-state index contributed by atoms with van der Waals surface area (Å²) < 4.78 is 7.53. The molecule has 0 radical (unpaired) electrons. The molecule has 0 amide bonds. The second-order valence-corrected chi connectivity index (χ2v) is 6.84. The van der Waals surface area contributed by atoms with E-state index in [1.54, 1.807) is 0 Å². The van der Waals surface area contributed by atoms with Crippen LogP contribution in [0.1, 0.15) is 32.0 Å². The first-order valence-corrected chi connectivity index (χ1v) is 9.01. The van der Waals surface area contributed by atoms with Gasteiger partial charge in [-0.1, -0.05) is 6.92 Å². The van der Waals surface area contributed by atoms with Gasteiger partial charge >= 0.3 is 0 Å². The van der Waals surface area contributed by atoms with Gasteiger partial charge in [0.2, 0.25) is 0 Å². The molecule has 24 heavy (non-hydrogen) atoms. The quantitative estimate of drug-likeness (QED) is 0.825. The monoisotopic (exact) mass is 330 g/mol. The van der Waals surface area contributed by atoms with Crippen molar-refractivity contribution >= 4 is 11.5 Å². The highest BCUT2D eigenvalue weighted by atomic mass is 16.5. The Kier molecular flexibility index (Phi) is 4.37. The van der Waals surface area contributed by atoms with E-state index < -0.39 is 0 Å². The number of ether oxygens (including phenoxy) is 1. The van der Waals surface area contributed by atoms with E-state index in [1.165, 1.54) is 25.9 Å². The molecule has 7 heteroatoms. The molecule has 7 nitrogen and oxygen atoms in total. The molecular formula is C17H26N6O. The molecule has 2 aliphatic rings. The lowest BCUT2D eigenvalue weighted by atomic mass is 10.2. The predicted molar refractivity (Wildman–Crippen MR) is 92.4 cm³/mol. The Hall–Kier alpha value is -1.73. The molecule has 0 bridgehead atoms. The van der Waals surface area contributed by atoms with Crippen LogP contribution in [0.2, 0.25) is 0 Å². The zero-order chi connectivity index (χ0) is 16.5. The van der Waals surface area contributed by atoms with Crippen molar-refractivity contribution in [1.82, 2.24) is 24.7 Å². The third-order valence-corrected chi connectivity index (χ3v) is 5.30. The maximum absolute atomic E-state index is 5.66. The Morgan fingerprint density at radius 2 is 2.04 bits per heavy atom. The lowest BCUT2D eigenvalue weighted by molar-refractivity contribution is 0.116. The highest BCUT2D eigenvalue weighted by molar-refractivity contribution is 5.47. The smallest absolute Gasteiger partial charge is 0.178 e. The molecule has 0 aromatic carbocycles. The zero-order valence-corrected chi connectivity index (χ0v) is 14.6. The van der Waals surface area contributed by atoms with E-state index in [9.17, 15) is 0 Å². The van der Waals surface area contributed by atoms with Gasteiger partial charge in [0.25, 0.3) is 0 Å². The van der Waals surface area contributed by atoms with Crippen molar-refractivity contribution in [3.8, 4) is 0 Å². The molecule has 2 fully saturated rings. The molecule has 2 aliphatic heterocycles. The number of likely N-dealkylation sites (tertiary alicyclic amines) is 1. The van der Waals surface area contributed by atoms with Crippen molar-refractivity contribution in [3.63, 3.8) is 0 Å². The largest absolute Gasteiger partial charge is 0.380 e. The highest BCUT2D eigenvalue weighted by Gasteiger charge is 2.34. The number of rotatable bonds is 5. The van der Waals surface area contributed by atoms with Crippen molar-refractivity contribution in [3.05, 3.63) is 18.0 Å². The van der Waals surface area contributed by atoms with Gasteiger partial charge in [0, 0.05) is 32.7 Å². The molecule has 4 heterocycles. The second-order valence-electron chi connectivity index (χ2n) is 6.84. The average Bonchev–Trinajstić information content (AvgIpc) is 3.33. The van der Waals surface area contributed by atoms with Gasteiger partial charge in [0.15, 0.2) is 11.5 Å². The second kappa shape index (κ2) is 6.64. The van der Waals surface area contributed by atoms with E-state index in [4.69, 9.17) is 9.84 Å². The van der Waals surface area contributed by atoms with E-state index in [0.717, 1.165) is 43.2 Å². The van der Waals surface area contributed by atoms with Crippen LogP contribution in [0.15, 0.2) is 12.1 Å². The molecular weight excluding hydrogens is 304 g/mol. The topological polar surface area (TPSA) is 58.8 Å². The minimum Gasteiger partial charge on any atom is -0.380 e. The maximum Gasteiger partial charge on any atom is 0.178 e. The lowest BCUT2D eigenvalue weighted by Crippen LogP contribution is -2.40. The number of fused-ring (bicyclic) bond motifs is 1. The van der Waals surface area contributed by atoms with Gasteiger partial charge in [-0.3, -0.25) is 0 Å². The van der Waals surface area contributed by atoms with Crippen molar-refractivity contribution in [2.75, 3.05) is 38.2 Å². The van der Waals surface area contributed by atoms with Gasteiger partial charge in [0.05, 0.1) is 6.10 Å². The van der Waals surface area contributed by atoms with Crippen LogP contribution in [0, 0.1) is 0 Å².